The molecule has 0 fully saturated rings. The summed E-state index contributed by atoms with van der Waals surface area (Å²) in [4.78, 5) is 5.14. The van der Waals surface area contributed by atoms with Crippen LogP contribution >= 0.6 is 27.3 Å². The summed E-state index contributed by atoms with van der Waals surface area (Å²) in [6.07, 6.45) is 2.66. The highest BCUT2D eigenvalue weighted by atomic mass is 79.9. The smallest absolute Gasteiger partial charge is 0.124 e. The van der Waals surface area contributed by atoms with Gasteiger partial charge in [0.05, 0.1) is 10.4 Å². The van der Waals surface area contributed by atoms with Crippen LogP contribution in [0.5, 0.6) is 5.75 Å². The summed E-state index contributed by atoms with van der Waals surface area (Å²) in [7, 11) is 0. The van der Waals surface area contributed by atoms with Crippen LogP contribution in [0.25, 0.3) is 0 Å². The Morgan fingerprint density at radius 2 is 2.33 bits per heavy atom. The number of hydrogen-bond donors (Lipinski definition) is 1. The van der Waals surface area contributed by atoms with Crippen molar-refractivity contribution in [1.29, 1.82) is 0 Å². The lowest BCUT2D eigenvalue weighted by atomic mass is 10.1. The molecule has 2 aromatic rings. The van der Waals surface area contributed by atoms with E-state index in [4.69, 9.17) is 10.5 Å². The second-order valence-corrected chi connectivity index (χ2v) is 6.02. The summed E-state index contributed by atoms with van der Waals surface area (Å²) in [5.74, 6) is 0.863. The molecule has 0 spiro atoms. The van der Waals surface area contributed by atoms with E-state index >= 15 is 0 Å². The summed E-state index contributed by atoms with van der Waals surface area (Å²) in [5.41, 5.74) is 8.81. The van der Waals surface area contributed by atoms with Crippen LogP contribution in [0.1, 0.15) is 17.4 Å². The fourth-order valence-electron chi connectivity index (χ4n) is 1.61. The van der Waals surface area contributed by atoms with Gasteiger partial charge in [-0.1, -0.05) is 15.9 Å². The number of nitrogens with two attached hydrogens (primary N) is 1. The summed E-state index contributed by atoms with van der Waals surface area (Å²) in [6, 6.07) is 6.13. The van der Waals surface area contributed by atoms with Crippen molar-refractivity contribution in [2.24, 2.45) is 5.73 Å². The van der Waals surface area contributed by atoms with Crippen molar-refractivity contribution >= 4 is 27.3 Å². The summed E-state index contributed by atoms with van der Waals surface area (Å²) >= 11 is 5.12. The van der Waals surface area contributed by atoms with Crippen molar-refractivity contribution in [2.75, 3.05) is 0 Å². The third-order valence-electron chi connectivity index (χ3n) is 2.42. The van der Waals surface area contributed by atoms with Crippen molar-refractivity contribution < 1.29 is 4.74 Å². The second-order valence-electron chi connectivity index (χ2n) is 4.19. The number of hydrogen-bond acceptors (Lipinski definition) is 4. The molecule has 3 nitrogen and oxygen atoms in total. The highest BCUT2D eigenvalue weighted by Crippen LogP contribution is 2.24. The molecule has 1 unspecified atom stereocenters. The molecule has 0 radical (unpaired) electrons. The molecule has 0 bridgehead atoms. The summed E-state index contributed by atoms with van der Waals surface area (Å²) in [6.45, 7) is 2.56. The van der Waals surface area contributed by atoms with Crippen LogP contribution in [0.15, 0.2) is 34.4 Å². The van der Waals surface area contributed by atoms with E-state index in [1.807, 2.05) is 36.8 Å². The average molecular weight is 327 g/mol. The molecule has 0 amide bonds. The summed E-state index contributed by atoms with van der Waals surface area (Å²) < 4.78 is 6.81. The van der Waals surface area contributed by atoms with Crippen LogP contribution < -0.4 is 10.5 Å². The van der Waals surface area contributed by atoms with Gasteiger partial charge in [-0.25, -0.2) is 0 Å². The zero-order valence-corrected chi connectivity index (χ0v) is 12.5. The first-order valence-electron chi connectivity index (χ1n) is 5.69. The first-order valence-corrected chi connectivity index (χ1v) is 7.36. The van der Waals surface area contributed by atoms with Gasteiger partial charge in [-0.3, -0.25) is 4.98 Å². The van der Waals surface area contributed by atoms with Crippen molar-refractivity contribution in [3.8, 4) is 5.75 Å². The maximum absolute atomic E-state index is 5.83. The normalized spacial score (nSPS) is 12.4. The van der Waals surface area contributed by atoms with E-state index < -0.39 is 0 Å². The molecule has 5 heteroatoms. The quantitative estimate of drug-likeness (QED) is 0.916. The lowest BCUT2D eigenvalue weighted by Gasteiger charge is -2.11. The van der Waals surface area contributed by atoms with Crippen molar-refractivity contribution in [1.82, 2.24) is 4.98 Å². The first kappa shape index (κ1) is 13.5. The largest absolute Gasteiger partial charge is 0.488 e. The Balaban J connectivity index is 2.04. The number of halogens is 1. The Kier molecular flexibility index (Phi) is 4.74. The number of thiazole rings is 1. The lowest BCUT2D eigenvalue weighted by Crippen LogP contribution is -2.18. The third kappa shape index (κ3) is 3.80. The fourth-order valence-corrected chi connectivity index (χ4v) is 2.53. The monoisotopic (exact) mass is 326 g/mol. The molecular weight excluding hydrogens is 312 g/mol. The predicted octanol–water partition coefficient (Wildman–Crippen LogP) is 3.37. The Morgan fingerprint density at radius 1 is 1.50 bits per heavy atom. The first-order chi connectivity index (χ1) is 8.65. The van der Waals surface area contributed by atoms with Gasteiger partial charge in [0.1, 0.15) is 12.4 Å². The predicted molar refractivity (Wildman–Crippen MR) is 77.9 cm³/mol. The molecule has 0 aliphatic carbocycles. The van der Waals surface area contributed by atoms with E-state index in [0.29, 0.717) is 6.61 Å². The Bertz CT molecular complexity index is 500. The van der Waals surface area contributed by atoms with E-state index in [-0.39, 0.29) is 6.04 Å². The van der Waals surface area contributed by atoms with Crippen LogP contribution in [0.2, 0.25) is 0 Å². The minimum absolute atomic E-state index is 0.137. The highest BCUT2D eigenvalue weighted by Gasteiger charge is 2.05. The third-order valence-corrected chi connectivity index (χ3v) is 3.95. The van der Waals surface area contributed by atoms with E-state index in [1.165, 1.54) is 5.56 Å². The molecule has 2 N–H and O–H groups in total. The fraction of sp³-hybridized carbons (Fsp3) is 0.308. The van der Waals surface area contributed by atoms with Crippen molar-refractivity contribution in [3.63, 3.8) is 0 Å². The van der Waals surface area contributed by atoms with Crippen LogP contribution in [0.3, 0.4) is 0 Å². The molecule has 0 saturated heterocycles. The van der Waals surface area contributed by atoms with Gasteiger partial charge in [-0.2, -0.15) is 0 Å². The van der Waals surface area contributed by atoms with Crippen molar-refractivity contribution in [3.05, 3.63) is 44.8 Å². The summed E-state index contributed by atoms with van der Waals surface area (Å²) in [5, 5.41) is 0. The number of nitrogens with zero attached hydrogens (tertiary/aromatic N) is 1. The number of benzene rings is 1. The zero-order valence-electron chi connectivity index (χ0n) is 10.1. The maximum Gasteiger partial charge on any atom is 0.124 e. The van der Waals surface area contributed by atoms with Crippen molar-refractivity contribution in [2.45, 2.75) is 26.0 Å². The van der Waals surface area contributed by atoms with Gasteiger partial charge in [0.2, 0.25) is 0 Å². The lowest BCUT2D eigenvalue weighted by molar-refractivity contribution is 0.309. The van der Waals surface area contributed by atoms with Gasteiger partial charge >= 0.3 is 0 Å². The number of ether oxygens (including phenoxy) is 1. The topological polar surface area (TPSA) is 48.1 Å². The highest BCUT2D eigenvalue weighted by molar-refractivity contribution is 9.10. The Hall–Kier alpha value is -0.910. The molecule has 1 aromatic carbocycles. The van der Waals surface area contributed by atoms with E-state index in [2.05, 4.69) is 20.9 Å². The minimum Gasteiger partial charge on any atom is -0.488 e. The number of aromatic nitrogens is 1. The molecule has 0 aliphatic heterocycles. The minimum atomic E-state index is 0.137. The standard InChI is InChI=1S/C13H15BrN2OS/c1-9(15)4-10-5-11(2-3-13(10)14)17-7-12-6-16-8-18-12/h2-3,5-6,8-9H,4,7,15H2,1H3. The van der Waals surface area contributed by atoms with Gasteiger partial charge in [-0.05, 0) is 37.1 Å². The van der Waals surface area contributed by atoms with Gasteiger partial charge in [0, 0.05) is 16.7 Å². The second kappa shape index (κ2) is 6.31. The van der Waals surface area contributed by atoms with E-state index in [0.717, 1.165) is 21.5 Å². The number of rotatable bonds is 5. The molecular formula is C13H15BrN2OS. The molecule has 1 atom stereocenters. The van der Waals surface area contributed by atoms with Crippen LogP contribution in [0.4, 0.5) is 0 Å². The van der Waals surface area contributed by atoms with Crippen LogP contribution in [0, 0.1) is 0 Å². The Morgan fingerprint density at radius 3 is 3.00 bits per heavy atom. The average Bonchev–Trinajstić information content (AvgIpc) is 2.82. The molecule has 2 rings (SSSR count). The molecule has 1 heterocycles. The molecule has 1 aromatic heterocycles. The zero-order chi connectivity index (χ0) is 13.0. The van der Waals surface area contributed by atoms with Gasteiger partial charge in [0.25, 0.3) is 0 Å². The molecule has 0 saturated carbocycles. The van der Waals surface area contributed by atoms with E-state index in [9.17, 15) is 0 Å². The van der Waals surface area contributed by atoms with Crippen LogP contribution in [-0.4, -0.2) is 11.0 Å². The maximum atomic E-state index is 5.83. The van der Waals surface area contributed by atoms with Gasteiger partial charge in [0.15, 0.2) is 0 Å². The SMILES string of the molecule is CC(N)Cc1cc(OCc2cncs2)ccc1Br. The molecule has 18 heavy (non-hydrogen) atoms. The van der Waals surface area contributed by atoms with Gasteiger partial charge in [-0.15, -0.1) is 11.3 Å². The molecule has 96 valence electrons. The Labute approximate surface area is 119 Å². The van der Waals surface area contributed by atoms with Crippen LogP contribution in [-0.2, 0) is 13.0 Å². The van der Waals surface area contributed by atoms with Gasteiger partial charge < -0.3 is 10.5 Å². The van der Waals surface area contributed by atoms with E-state index in [1.54, 1.807) is 11.3 Å². The molecule has 0 aliphatic rings.